The number of aryl methyl sites for hydroxylation is 2. The fraction of sp³-hybridized carbons (Fsp3) is 0.389. The molecular weight excluding hydrogens is 276 g/mol. The normalized spacial score (nSPS) is 13.7. The van der Waals surface area contributed by atoms with Crippen molar-refractivity contribution in [3.63, 3.8) is 0 Å². The molecule has 0 radical (unpaired) electrons. The summed E-state index contributed by atoms with van der Waals surface area (Å²) >= 11 is 1.78. The molecule has 3 heteroatoms. The SMILES string of the molecule is CC(C)NCc1cccnc1Sc1ccc2c(c1)CCC2. The Morgan fingerprint density at radius 2 is 2.05 bits per heavy atom. The van der Waals surface area contributed by atoms with Gasteiger partial charge >= 0.3 is 0 Å². The molecule has 0 aliphatic heterocycles. The molecule has 1 aliphatic carbocycles. The first kappa shape index (κ1) is 14.6. The molecule has 0 fully saturated rings. The van der Waals surface area contributed by atoms with Crippen LogP contribution in [-0.2, 0) is 19.4 Å². The molecule has 1 heterocycles. The van der Waals surface area contributed by atoms with Gasteiger partial charge in [0.05, 0.1) is 0 Å². The van der Waals surface area contributed by atoms with Gasteiger partial charge in [-0.05, 0) is 54.2 Å². The number of hydrogen-bond acceptors (Lipinski definition) is 3. The van der Waals surface area contributed by atoms with Crippen LogP contribution >= 0.6 is 11.8 Å². The highest BCUT2D eigenvalue weighted by atomic mass is 32.2. The minimum Gasteiger partial charge on any atom is -0.310 e. The molecule has 0 bridgehead atoms. The van der Waals surface area contributed by atoms with E-state index in [1.165, 1.54) is 40.8 Å². The van der Waals surface area contributed by atoms with Crippen LogP contribution in [-0.4, -0.2) is 11.0 Å². The summed E-state index contributed by atoms with van der Waals surface area (Å²) in [6.45, 7) is 5.21. The fourth-order valence-electron chi connectivity index (χ4n) is 2.69. The lowest BCUT2D eigenvalue weighted by atomic mass is 10.1. The molecule has 1 aromatic carbocycles. The van der Waals surface area contributed by atoms with Crippen molar-refractivity contribution >= 4 is 11.8 Å². The van der Waals surface area contributed by atoms with Gasteiger partial charge < -0.3 is 5.32 Å². The third-order valence-electron chi connectivity index (χ3n) is 3.84. The van der Waals surface area contributed by atoms with E-state index in [2.05, 4.69) is 48.4 Å². The number of rotatable bonds is 5. The number of aromatic nitrogens is 1. The molecule has 0 spiro atoms. The molecule has 110 valence electrons. The number of hydrogen-bond donors (Lipinski definition) is 1. The molecular formula is C18H22N2S. The Morgan fingerprint density at radius 1 is 1.19 bits per heavy atom. The summed E-state index contributed by atoms with van der Waals surface area (Å²) in [4.78, 5) is 5.87. The van der Waals surface area contributed by atoms with Crippen molar-refractivity contribution in [1.82, 2.24) is 10.3 Å². The van der Waals surface area contributed by atoms with Crippen molar-refractivity contribution < 1.29 is 0 Å². The second-order valence-corrected chi connectivity index (χ2v) is 6.95. The highest BCUT2D eigenvalue weighted by Gasteiger charge is 2.12. The van der Waals surface area contributed by atoms with Gasteiger partial charge in [0.2, 0.25) is 0 Å². The lowest BCUT2D eigenvalue weighted by Gasteiger charge is -2.12. The van der Waals surface area contributed by atoms with E-state index >= 15 is 0 Å². The topological polar surface area (TPSA) is 24.9 Å². The Balaban J connectivity index is 1.78. The quantitative estimate of drug-likeness (QED) is 0.894. The Labute approximate surface area is 131 Å². The van der Waals surface area contributed by atoms with Crippen LogP contribution in [0.15, 0.2) is 46.5 Å². The maximum absolute atomic E-state index is 4.57. The molecule has 0 saturated heterocycles. The Hall–Kier alpha value is -1.32. The average molecular weight is 298 g/mol. The van der Waals surface area contributed by atoms with Crippen LogP contribution in [0.2, 0.25) is 0 Å². The van der Waals surface area contributed by atoms with E-state index in [1.54, 1.807) is 11.8 Å². The smallest absolute Gasteiger partial charge is 0.105 e. The van der Waals surface area contributed by atoms with E-state index in [4.69, 9.17) is 0 Å². The van der Waals surface area contributed by atoms with Gasteiger partial charge in [-0.3, -0.25) is 0 Å². The van der Waals surface area contributed by atoms with E-state index in [1.807, 2.05) is 12.3 Å². The van der Waals surface area contributed by atoms with Crippen LogP contribution in [0.1, 0.15) is 37.0 Å². The minimum atomic E-state index is 0.489. The second kappa shape index (κ2) is 6.63. The van der Waals surface area contributed by atoms with E-state index < -0.39 is 0 Å². The van der Waals surface area contributed by atoms with Crippen molar-refractivity contribution in [2.45, 2.75) is 55.6 Å². The van der Waals surface area contributed by atoms with E-state index in [-0.39, 0.29) is 0 Å². The molecule has 2 nitrogen and oxygen atoms in total. The highest BCUT2D eigenvalue weighted by Crippen LogP contribution is 2.32. The van der Waals surface area contributed by atoms with Gasteiger partial charge in [-0.15, -0.1) is 0 Å². The molecule has 21 heavy (non-hydrogen) atoms. The van der Waals surface area contributed by atoms with Gasteiger partial charge in [-0.1, -0.05) is 37.7 Å². The highest BCUT2D eigenvalue weighted by molar-refractivity contribution is 7.99. The maximum atomic E-state index is 4.57. The van der Waals surface area contributed by atoms with Gasteiger partial charge in [0.25, 0.3) is 0 Å². The summed E-state index contributed by atoms with van der Waals surface area (Å²) in [5.41, 5.74) is 4.33. The van der Waals surface area contributed by atoms with Crippen LogP contribution in [0, 0.1) is 0 Å². The van der Waals surface area contributed by atoms with Gasteiger partial charge in [0, 0.05) is 23.7 Å². The standard InChI is InChI=1S/C18H22N2S/c1-13(2)20-12-16-7-4-10-19-18(16)21-17-9-8-14-5-3-6-15(14)11-17/h4,7-11,13,20H,3,5-6,12H2,1-2H3. The van der Waals surface area contributed by atoms with Gasteiger partial charge in [-0.2, -0.15) is 0 Å². The Morgan fingerprint density at radius 3 is 2.90 bits per heavy atom. The lowest BCUT2D eigenvalue weighted by molar-refractivity contribution is 0.582. The summed E-state index contributed by atoms with van der Waals surface area (Å²) in [6, 6.07) is 11.6. The number of nitrogens with one attached hydrogen (secondary N) is 1. The molecule has 1 aliphatic rings. The number of nitrogens with zero attached hydrogens (tertiary/aromatic N) is 1. The predicted molar refractivity (Wildman–Crippen MR) is 88.8 cm³/mol. The molecule has 0 atom stereocenters. The zero-order valence-corrected chi connectivity index (χ0v) is 13.5. The fourth-order valence-corrected chi connectivity index (χ4v) is 3.63. The maximum Gasteiger partial charge on any atom is 0.105 e. The zero-order valence-electron chi connectivity index (χ0n) is 12.7. The van der Waals surface area contributed by atoms with Crippen LogP contribution < -0.4 is 5.32 Å². The van der Waals surface area contributed by atoms with Crippen LogP contribution in [0.4, 0.5) is 0 Å². The number of benzene rings is 1. The third kappa shape index (κ3) is 3.66. The number of fused-ring (bicyclic) bond motifs is 1. The number of pyridine rings is 1. The molecule has 1 aromatic heterocycles. The summed E-state index contributed by atoms with van der Waals surface area (Å²) < 4.78 is 0. The molecule has 0 unspecified atom stereocenters. The van der Waals surface area contributed by atoms with E-state index in [0.717, 1.165) is 11.6 Å². The molecule has 0 saturated carbocycles. The zero-order chi connectivity index (χ0) is 14.7. The largest absolute Gasteiger partial charge is 0.310 e. The molecule has 0 amide bonds. The average Bonchev–Trinajstić information content (AvgIpc) is 2.94. The summed E-state index contributed by atoms with van der Waals surface area (Å²) in [5, 5.41) is 4.59. The van der Waals surface area contributed by atoms with Crippen molar-refractivity contribution in [1.29, 1.82) is 0 Å². The van der Waals surface area contributed by atoms with Gasteiger partial charge in [-0.25, -0.2) is 4.98 Å². The molecule has 2 aromatic rings. The van der Waals surface area contributed by atoms with Crippen LogP contribution in [0.5, 0.6) is 0 Å². The summed E-state index contributed by atoms with van der Waals surface area (Å²) in [5.74, 6) is 0. The van der Waals surface area contributed by atoms with Crippen LogP contribution in [0.25, 0.3) is 0 Å². The predicted octanol–water partition coefficient (Wildman–Crippen LogP) is 4.22. The first-order valence-electron chi connectivity index (χ1n) is 7.69. The summed E-state index contributed by atoms with van der Waals surface area (Å²) in [7, 11) is 0. The molecule has 1 N–H and O–H groups in total. The third-order valence-corrected chi connectivity index (χ3v) is 4.89. The monoisotopic (exact) mass is 298 g/mol. The van der Waals surface area contributed by atoms with E-state index in [9.17, 15) is 0 Å². The minimum absolute atomic E-state index is 0.489. The first-order valence-corrected chi connectivity index (χ1v) is 8.51. The van der Waals surface area contributed by atoms with Crippen molar-refractivity contribution in [3.05, 3.63) is 53.2 Å². The van der Waals surface area contributed by atoms with E-state index in [0.29, 0.717) is 6.04 Å². The van der Waals surface area contributed by atoms with Crippen molar-refractivity contribution in [2.75, 3.05) is 0 Å². The second-order valence-electron chi connectivity index (χ2n) is 5.89. The Bertz CT molecular complexity index is 622. The van der Waals surface area contributed by atoms with Gasteiger partial charge in [0.15, 0.2) is 0 Å². The lowest BCUT2D eigenvalue weighted by Crippen LogP contribution is -2.22. The van der Waals surface area contributed by atoms with Crippen molar-refractivity contribution in [3.8, 4) is 0 Å². The Kier molecular flexibility index (Phi) is 4.61. The first-order chi connectivity index (χ1) is 10.2. The summed E-state index contributed by atoms with van der Waals surface area (Å²) in [6.07, 6.45) is 5.66. The van der Waals surface area contributed by atoms with Crippen molar-refractivity contribution in [2.24, 2.45) is 0 Å². The van der Waals surface area contributed by atoms with Crippen LogP contribution in [0.3, 0.4) is 0 Å². The molecule has 3 rings (SSSR count). The van der Waals surface area contributed by atoms with Gasteiger partial charge in [0.1, 0.15) is 5.03 Å².